The second-order valence-electron chi connectivity index (χ2n) is 5.03. The Morgan fingerprint density at radius 3 is 2.85 bits per heavy atom. The van der Waals surface area contributed by atoms with Crippen LogP contribution in [0.15, 0.2) is 18.2 Å². The Balaban J connectivity index is 2.56. The van der Waals surface area contributed by atoms with Crippen molar-refractivity contribution in [2.45, 2.75) is 39.7 Å². The molecule has 3 heteroatoms. The average molecular weight is 278 g/mol. The molecule has 0 saturated heterocycles. The molecule has 0 fully saturated rings. The van der Waals surface area contributed by atoms with Gasteiger partial charge in [-0.3, -0.25) is 0 Å². The lowest BCUT2D eigenvalue weighted by Crippen LogP contribution is -2.05. The van der Waals surface area contributed by atoms with Gasteiger partial charge in [0.1, 0.15) is 5.82 Å². The van der Waals surface area contributed by atoms with Crippen molar-refractivity contribution in [3.63, 3.8) is 0 Å². The van der Waals surface area contributed by atoms with E-state index in [1.807, 2.05) is 6.07 Å². The molecule has 0 saturated carbocycles. The van der Waals surface area contributed by atoms with Crippen molar-refractivity contribution < 1.29 is 14.2 Å². The molecule has 0 aliphatic heterocycles. The van der Waals surface area contributed by atoms with Gasteiger partial charge in [-0.05, 0) is 36.1 Å². The normalized spacial score (nSPS) is 11.8. The highest BCUT2D eigenvalue weighted by molar-refractivity contribution is 5.37. The third-order valence-electron chi connectivity index (χ3n) is 2.88. The van der Waals surface area contributed by atoms with E-state index in [0.29, 0.717) is 31.1 Å². The molecule has 0 aromatic heterocycles. The molecule has 2 nitrogen and oxygen atoms in total. The second-order valence-corrected chi connectivity index (χ2v) is 5.03. The zero-order valence-corrected chi connectivity index (χ0v) is 12.3. The third kappa shape index (κ3) is 6.70. The second kappa shape index (κ2) is 9.52. The molecule has 110 valence electrons. The topological polar surface area (TPSA) is 29.5 Å². The summed E-state index contributed by atoms with van der Waals surface area (Å²) in [6.45, 7) is 5.42. The lowest BCUT2D eigenvalue weighted by molar-refractivity contribution is 0.0892. The van der Waals surface area contributed by atoms with Crippen LogP contribution in [0.1, 0.15) is 44.2 Å². The van der Waals surface area contributed by atoms with Crippen LogP contribution in [0.2, 0.25) is 0 Å². The van der Waals surface area contributed by atoms with Crippen LogP contribution in [0.25, 0.3) is 0 Å². The maximum Gasteiger partial charge on any atom is 0.124 e. The van der Waals surface area contributed by atoms with Crippen LogP contribution in [0.4, 0.5) is 4.39 Å². The van der Waals surface area contributed by atoms with Crippen molar-refractivity contribution in [3.8, 4) is 11.8 Å². The van der Waals surface area contributed by atoms with Crippen LogP contribution in [0.3, 0.4) is 0 Å². The Kier molecular flexibility index (Phi) is 7.94. The number of hydrogen-bond donors (Lipinski definition) is 1. The quantitative estimate of drug-likeness (QED) is 0.773. The lowest BCUT2D eigenvalue weighted by Gasteiger charge is -2.11. The van der Waals surface area contributed by atoms with Gasteiger partial charge in [0.05, 0.1) is 13.2 Å². The molecule has 1 unspecified atom stereocenters. The summed E-state index contributed by atoms with van der Waals surface area (Å²) in [5, 5.41) is 8.67. The first-order chi connectivity index (χ1) is 9.65. The SMILES string of the molecule is CCCC(C)COCc1cc(F)cc(C#CCCO)c1. The first kappa shape index (κ1) is 16.7. The molecule has 0 aliphatic rings. The Bertz CT molecular complexity index is 460. The zero-order valence-electron chi connectivity index (χ0n) is 12.3. The number of halogens is 1. The average Bonchev–Trinajstić information content (AvgIpc) is 2.39. The number of ether oxygens (including phenoxy) is 1. The van der Waals surface area contributed by atoms with Crippen molar-refractivity contribution in [3.05, 3.63) is 35.1 Å². The van der Waals surface area contributed by atoms with Crippen molar-refractivity contribution in [1.29, 1.82) is 0 Å². The minimum absolute atomic E-state index is 0.0214. The van der Waals surface area contributed by atoms with Crippen LogP contribution in [0.5, 0.6) is 0 Å². The molecule has 1 atom stereocenters. The molecule has 0 bridgehead atoms. The van der Waals surface area contributed by atoms with E-state index < -0.39 is 0 Å². The molecular formula is C17H23FO2. The Hall–Kier alpha value is -1.37. The van der Waals surface area contributed by atoms with Crippen LogP contribution in [-0.4, -0.2) is 18.3 Å². The lowest BCUT2D eigenvalue weighted by atomic mass is 10.1. The Morgan fingerprint density at radius 2 is 2.15 bits per heavy atom. The van der Waals surface area contributed by atoms with Gasteiger partial charge in [-0.15, -0.1) is 0 Å². The standard InChI is InChI=1S/C17H23FO2/c1-3-6-14(2)12-20-13-16-9-15(7-4-5-8-19)10-17(18)11-16/h9-11,14,19H,3,5-6,8,12-13H2,1-2H3. The summed E-state index contributed by atoms with van der Waals surface area (Å²) < 4.78 is 19.1. The minimum Gasteiger partial charge on any atom is -0.395 e. The van der Waals surface area contributed by atoms with E-state index >= 15 is 0 Å². The molecule has 1 N–H and O–H groups in total. The summed E-state index contributed by atoms with van der Waals surface area (Å²) in [4.78, 5) is 0. The number of benzene rings is 1. The van der Waals surface area contributed by atoms with Gasteiger partial charge in [0.2, 0.25) is 0 Å². The number of rotatable bonds is 7. The number of hydrogen-bond acceptors (Lipinski definition) is 2. The van der Waals surface area contributed by atoms with E-state index in [4.69, 9.17) is 9.84 Å². The van der Waals surface area contributed by atoms with Crippen molar-refractivity contribution in [2.75, 3.05) is 13.2 Å². The third-order valence-corrected chi connectivity index (χ3v) is 2.88. The molecular weight excluding hydrogens is 255 g/mol. The van der Waals surface area contributed by atoms with E-state index in [1.54, 1.807) is 0 Å². The summed E-state index contributed by atoms with van der Waals surface area (Å²) in [6.07, 6.45) is 2.69. The van der Waals surface area contributed by atoms with Crippen molar-refractivity contribution in [2.24, 2.45) is 5.92 Å². The number of aliphatic hydroxyl groups is 1. The molecule has 1 aromatic rings. The molecule has 0 amide bonds. The summed E-state index contributed by atoms with van der Waals surface area (Å²) in [5.41, 5.74) is 1.42. The smallest absolute Gasteiger partial charge is 0.124 e. The van der Waals surface area contributed by atoms with Gasteiger partial charge in [-0.25, -0.2) is 4.39 Å². The molecule has 0 radical (unpaired) electrons. The van der Waals surface area contributed by atoms with Gasteiger partial charge >= 0.3 is 0 Å². The van der Waals surface area contributed by atoms with Gasteiger partial charge in [0, 0.05) is 18.6 Å². The van der Waals surface area contributed by atoms with Crippen LogP contribution in [-0.2, 0) is 11.3 Å². The maximum absolute atomic E-state index is 13.5. The van der Waals surface area contributed by atoms with E-state index in [1.165, 1.54) is 12.1 Å². The van der Waals surface area contributed by atoms with Crippen LogP contribution < -0.4 is 0 Å². The molecule has 0 aliphatic carbocycles. The summed E-state index contributed by atoms with van der Waals surface area (Å²) >= 11 is 0. The van der Waals surface area contributed by atoms with Gasteiger partial charge < -0.3 is 9.84 Å². The van der Waals surface area contributed by atoms with Crippen LogP contribution >= 0.6 is 0 Å². The molecule has 0 spiro atoms. The van der Waals surface area contributed by atoms with E-state index in [2.05, 4.69) is 25.7 Å². The Morgan fingerprint density at radius 1 is 1.35 bits per heavy atom. The number of aliphatic hydroxyl groups excluding tert-OH is 1. The van der Waals surface area contributed by atoms with Crippen molar-refractivity contribution >= 4 is 0 Å². The summed E-state index contributed by atoms with van der Waals surface area (Å²) in [5.74, 6) is 5.85. The van der Waals surface area contributed by atoms with Crippen LogP contribution in [0, 0.1) is 23.6 Å². The highest BCUT2D eigenvalue weighted by Crippen LogP contribution is 2.12. The predicted molar refractivity (Wildman–Crippen MR) is 78.7 cm³/mol. The first-order valence-corrected chi connectivity index (χ1v) is 7.12. The van der Waals surface area contributed by atoms with Gasteiger partial charge in [0.15, 0.2) is 0 Å². The predicted octanol–water partition coefficient (Wildman–Crippen LogP) is 3.51. The van der Waals surface area contributed by atoms with E-state index in [9.17, 15) is 4.39 Å². The minimum atomic E-state index is -0.305. The molecule has 1 aromatic carbocycles. The summed E-state index contributed by atoms with van der Waals surface area (Å²) in [7, 11) is 0. The Labute approximate surface area is 121 Å². The fourth-order valence-corrected chi connectivity index (χ4v) is 1.98. The fourth-order valence-electron chi connectivity index (χ4n) is 1.98. The summed E-state index contributed by atoms with van der Waals surface area (Å²) in [6, 6.07) is 4.70. The molecule has 1 rings (SSSR count). The van der Waals surface area contributed by atoms with Gasteiger partial charge in [-0.2, -0.15) is 0 Å². The van der Waals surface area contributed by atoms with E-state index in [-0.39, 0.29) is 12.4 Å². The zero-order chi connectivity index (χ0) is 14.8. The fraction of sp³-hybridized carbons (Fsp3) is 0.529. The maximum atomic E-state index is 13.5. The van der Waals surface area contributed by atoms with Crippen molar-refractivity contribution in [1.82, 2.24) is 0 Å². The van der Waals surface area contributed by atoms with E-state index in [0.717, 1.165) is 18.4 Å². The molecule has 0 heterocycles. The van der Waals surface area contributed by atoms with Gasteiger partial charge in [-0.1, -0.05) is 32.1 Å². The molecule has 20 heavy (non-hydrogen) atoms. The highest BCUT2D eigenvalue weighted by atomic mass is 19.1. The monoisotopic (exact) mass is 278 g/mol. The largest absolute Gasteiger partial charge is 0.395 e. The van der Waals surface area contributed by atoms with Gasteiger partial charge in [0.25, 0.3) is 0 Å². The highest BCUT2D eigenvalue weighted by Gasteiger charge is 2.03. The first-order valence-electron chi connectivity index (χ1n) is 7.12.